The molecule has 1 unspecified atom stereocenters. The lowest BCUT2D eigenvalue weighted by molar-refractivity contribution is 0.0642. The number of benzene rings is 1. The monoisotopic (exact) mass is 262 g/mol. The van der Waals surface area contributed by atoms with Gasteiger partial charge in [-0.2, -0.15) is 0 Å². The summed E-state index contributed by atoms with van der Waals surface area (Å²) >= 11 is 0. The van der Waals surface area contributed by atoms with Gasteiger partial charge in [0.05, 0.1) is 7.11 Å². The number of hydrogen-bond acceptors (Lipinski definition) is 4. The molecule has 0 aliphatic carbocycles. The molecule has 2 aromatic rings. The molecule has 4 nitrogen and oxygen atoms in total. The van der Waals surface area contributed by atoms with Gasteiger partial charge in [0.15, 0.2) is 0 Å². The van der Waals surface area contributed by atoms with E-state index in [2.05, 4.69) is 9.97 Å². The average molecular weight is 262 g/mol. The predicted octanol–water partition coefficient (Wildman–Crippen LogP) is 2.27. The van der Waals surface area contributed by atoms with Gasteiger partial charge in [-0.15, -0.1) is 0 Å². The third kappa shape index (κ3) is 2.29. The Morgan fingerprint density at radius 2 is 1.95 bits per heavy atom. The van der Waals surface area contributed by atoms with Crippen LogP contribution >= 0.6 is 0 Å². The first-order valence-electron chi connectivity index (χ1n) is 5.96. The maximum absolute atomic E-state index is 13.9. The number of rotatable bonds is 4. The summed E-state index contributed by atoms with van der Waals surface area (Å²) < 4.78 is 19.0. The number of hydrogen-bond donors (Lipinski definition) is 1. The van der Waals surface area contributed by atoms with E-state index in [9.17, 15) is 9.50 Å². The van der Waals surface area contributed by atoms with Crippen LogP contribution in [0.4, 0.5) is 4.39 Å². The van der Waals surface area contributed by atoms with Crippen LogP contribution in [-0.4, -0.2) is 22.2 Å². The van der Waals surface area contributed by atoms with Crippen molar-refractivity contribution in [2.75, 3.05) is 7.11 Å². The molecule has 0 fully saturated rings. The molecule has 1 N–H and O–H groups in total. The van der Waals surface area contributed by atoms with Crippen LogP contribution in [-0.2, 0) is 5.60 Å². The third-order valence-corrected chi connectivity index (χ3v) is 3.08. The molecule has 0 bridgehead atoms. The number of nitrogens with zero attached hydrogens (tertiary/aromatic N) is 2. The zero-order chi connectivity index (χ0) is 13.9. The molecule has 5 heteroatoms. The van der Waals surface area contributed by atoms with Crippen molar-refractivity contribution < 1.29 is 14.2 Å². The van der Waals surface area contributed by atoms with Crippen molar-refractivity contribution in [3.05, 3.63) is 53.7 Å². The van der Waals surface area contributed by atoms with Crippen molar-refractivity contribution in [3.8, 4) is 5.88 Å². The Bertz CT molecular complexity index is 577. The predicted molar refractivity (Wildman–Crippen MR) is 68.3 cm³/mol. The largest absolute Gasteiger partial charge is 0.480 e. The van der Waals surface area contributed by atoms with E-state index in [1.54, 1.807) is 19.1 Å². The van der Waals surface area contributed by atoms with Crippen LogP contribution in [0, 0.1) is 5.82 Å². The van der Waals surface area contributed by atoms with E-state index >= 15 is 0 Å². The highest BCUT2D eigenvalue weighted by atomic mass is 19.1. The van der Waals surface area contributed by atoms with E-state index in [0.29, 0.717) is 0 Å². The lowest BCUT2D eigenvalue weighted by atomic mass is 9.87. The van der Waals surface area contributed by atoms with E-state index in [0.717, 1.165) is 0 Å². The number of aromatic nitrogens is 2. The second kappa shape index (κ2) is 5.32. The van der Waals surface area contributed by atoms with Gasteiger partial charge in [-0.05, 0) is 12.5 Å². The molecule has 0 aliphatic heterocycles. The van der Waals surface area contributed by atoms with E-state index in [1.165, 1.54) is 31.6 Å². The van der Waals surface area contributed by atoms with Crippen LogP contribution in [0.25, 0.3) is 0 Å². The third-order valence-electron chi connectivity index (χ3n) is 3.08. The molecule has 100 valence electrons. The Morgan fingerprint density at radius 3 is 2.58 bits per heavy atom. The van der Waals surface area contributed by atoms with Gasteiger partial charge in [0.1, 0.15) is 17.1 Å². The smallest absolute Gasteiger partial charge is 0.238 e. The summed E-state index contributed by atoms with van der Waals surface area (Å²) in [6, 6.07) is 6.08. The van der Waals surface area contributed by atoms with Gasteiger partial charge >= 0.3 is 0 Å². The van der Waals surface area contributed by atoms with Gasteiger partial charge < -0.3 is 9.84 Å². The summed E-state index contributed by atoms with van der Waals surface area (Å²) in [6.07, 6.45) is 3.15. The Labute approximate surface area is 110 Å². The molecule has 1 aromatic heterocycles. The zero-order valence-corrected chi connectivity index (χ0v) is 10.8. The van der Waals surface area contributed by atoms with E-state index in [-0.39, 0.29) is 23.6 Å². The topological polar surface area (TPSA) is 55.2 Å². The first kappa shape index (κ1) is 13.4. The van der Waals surface area contributed by atoms with E-state index < -0.39 is 11.4 Å². The number of methoxy groups -OCH3 is 1. The first-order chi connectivity index (χ1) is 9.13. The van der Waals surface area contributed by atoms with E-state index in [1.807, 2.05) is 0 Å². The van der Waals surface area contributed by atoms with Crippen molar-refractivity contribution in [1.82, 2.24) is 9.97 Å². The highest BCUT2D eigenvalue weighted by molar-refractivity contribution is 5.37. The van der Waals surface area contributed by atoms with Crippen LogP contribution < -0.4 is 4.74 Å². The van der Waals surface area contributed by atoms with Gasteiger partial charge in [0.25, 0.3) is 0 Å². The molecular formula is C14H15FN2O2. The second-order valence-electron chi connectivity index (χ2n) is 4.11. The van der Waals surface area contributed by atoms with Crippen molar-refractivity contribution in [1.29, 1.82) is 0 Å². The normalized spacial score (nSPS) is 13.9. The average Bonchev–Trinajstić information content (AvgIpc) is 2.47. The van der Waals surface area contributed by atoms with E-state index in [4.69, 9.17) is 4.74 Å². The van der Waals surface area contributed by atoms with Crippen LogP contribution in [0.2, 0.25) is 0 Å². The minimum absolute atomic E-state index is 0.163. The quantitative estimate of drug-likeness (QED) is 0.918. The molecule has 0 saturated heterocycles. The fourth-order valence-electron chi connectivity index (χ4n) is 2.04. The molecule has 0 aliphatic rings. The molecule has 1 heterocycles. The maximum Gasteiger partial charge on any atom is 0.238 e. The van der Waals surface area contributed by atoms with Crippen molar-refractivity contribution in [2.24, 2.45) is 0 Å². The Kier molecular flexibility index (Phi) is 3.76. The first-order valence-corrected chi connectivity index (χ1v) is 5.96. The molecule has 2 rings (SSSR count). The van der Waals surface area contributed by atoms with Crippen LogP contribution in [0.1, 0.15) is 24.6 Å². The van der Waals surface area contributed by atoms with Gasteiger partial charge in [0, 0.05) is 18.0 Å². The molecule has 1 aromatic carbocycles. The summed E-state index contributed by atoms with van der Waals surface area (Å²) in [5.41, 5.74) is -1.19. The maximum atomic E-state index is 13.9. The van der Waals surface area contributed by atoms with Gasteiger partial charge in [-0.3, -0.25) is 4.98 Å². The second-order valence-corrected chi connectivity index (χ2v) is 4.11. The lowest BCUT2D eigenvalue weighted by Gasteiger charge is -2.27. The molecule has 0 saturated carbocycles. The van der Waals surface area contributed by atoms with Gasteiger partial charge in [0.2, 0.25) is 5.88 Å². The zero-order valence-electron chi connectivity index (χ0n) is 10.8. The minimum Gasteiger partial charge on any atom is -0.480 e. The number of aliphatic hydroxyl groups is 1. The highest BCUT2D eigenvalue weighted by Crippen LogP contribution is 2.36. The summed E-state index contributed by atoms with van der Waals surface area (Å²) in [4.78, 5) is 8.11. The summed E-state index contributed by atoms with van der Waals surface area (Å²) in [7, 11) is 1.44. The molecule has 0 radical (unpaired) electrons. The Balaban J connectivity index is 2.63. The number of halogens is 1. The molecule has 0 amide bonds. The summed E-state index contributed by atoms with van der Waals surface area (Å²) in [5, 5.41) is 10.8. The summed E-state index contributed by atoms with van der Waals surface area (Å²) in [5.74, 6) is -0.297. The molecular weight excluding hydrogens is 247 g/mol. The summed E-state index contributed by atoms with van der Waals surface area (Å²) in [6.45, 7) is 1.75. The fraction of sp³-hybridized carbons (Fsp3) is 0.286. The van der Waals surface area contributed by atoms with Crippen LogP contribution in [0.3, 0.4) is 0 Å². The SMILES string of the molecule is CCC(O)(c1ccccc1F)c1nccnc1OC. The van der Waals surface area contributed by atoms with Crippen LogP contribution in [0.15, 0.2) is 36.7 Å². The fourth-order valence-corrected chi connectivity index (χ4v) is 2.04. The standard InChI is InChI=1S/C14H15FN2O2/c1-3-14(18,10-6-4-5-7-11(10)15)12-13(19-2)17-9-8-16-12/h4-9,18H,3H2,1-2H3. The molecule has 1 atom stereocenters. The minimum atomic E-state index is -1.56. The highest BCUT2D eigenvalue weighted by Gasteiger charge is 2.37. The molecule has 19 heavy (non-hydrogen) atoms. The lowest BCUT2D eigenvalue weighted by Crippen LogP contribution is -2.29. The molecule has 0 spiro atoms. The number of ether oxygens (including phenoxy) is 1. The van der Waals surface area contributed by atoms with Crippen molar-refractivity contribution >= 4 is 0 Å². The van der Waals surface area contributed by atoms with Crippen LogP contribution in [0.5, 0.6) is 5.88 Å². The van der Waals surface area contributed by atoms with Crippen molar-refractivity contribution in [3.63, 3.8) is 0 Å². The Morgan fingerprint density at radius 1 is 1.26 bits per heavy atom. The van der Waals surface area contributed by atoms with Gasteiger partial charge in [-0.1, -0.05) is 25.1 Å². The van der Waals surface area contributed by atoms with Crippen molar-refractivity contribution in [2.45, 2.75) is 18.9 Å². The Hall–Kier alpha value is -2.01. The van der Waals surface area contributed by atoms with Gasteiger partial charge in [-0.25, -0.2) is 9.37 Å².